The van der Waals surface area contributed by atoms with Gasteiger partial charge in [-0.3, -0.25) is 4.79 Å². The number of thiophene rings is 1. The van der Waals surface area contributed by atoms with Crippen molar-refractivity contribution in [1.82, 2.24) is 4.72 Å². The second kappa shape index (κ2) is 6.79. The molecule has 1 heterocycles. The number of rotatable bonds is 4. The Kier molecular flexibility index (Phi) is 4.62. The third kappa shape index (κ3) is 3.43. The lowest BCUT2D eigenvalue weighted by Crippen LogP contribution is -2.41. The van der Waals surface area contributed by atoms with Crippen LogP contribution in [0.4, 0.5) is 5.69 Å². The molecule has 3 unspecified atom stereocenters. The first-order chi connectivity index (χ1) is 12.4. The van der Waals surface area contributed by atoms with E-state index >= 15 is 0 Å². The van der Waals surface area contributed by atoms with E-state index in [1.807, 2.05) is 12.1 Å². The molecule has 4 rings (SSSR count). The summed E-state index contributed by atoms with van der Waals surface area (Å²) in [6.07, 6.45) is 3.81. The Balaban J connectivity index is 1.58. The fourth-order valence-corrected chi connectivity index (χ4v) is 6.72. The zero-order valence-corrected chi connectivity index (χ0v) is 16.2. The van der Waals surface area contributed by atoms with E-state index in [0.29, 0.717) is 16.0 Å². The van der Waals surface area contributed by atoms with Crippen LogP contribution in [0.15, 0.2) is 39.9 Å². The molecule has 3 atom stereocenters. The molecule has 1 fully saturated rings. The maximum absolute atomic E-state index is 12.7. The number of carbonyl (C=O) groups excluding carboxylic acids is 1. The Labute approximate surface area is 157 Å². The first-order valence-corrected chi connectivity index (χ1v) is 11.2. The van der Waals surface area contributed by atoms with Crippen molar-refractivity contribution < 1.29 is 13.2 Å². The number of nitrogens with one attached hydrogen (secondary N) is 2. The number of hydrogen-bond donors (Lipinski definition) is 2. The van der Waals surface area contributed by atoms with Crippen LogP contribution < -0.4 is 10.0 Å². The molecule has 2 aliphatic rings. The molecule has 1 aromatic carbocycles. The van der Waals surface area contributed by atoms with Crippen molar-refractivity contribution in [1.29, 1.82) is 0 Å². The molecule has 0 aliphatic heterocycles. The van der Waals surface area contributed by atoms with E-state index in [9.17, 15) is 13.2 Å². The summed E-state index contributed by atoms with van der Waals surface area (Å²) in [6.45, 7) is 1.50. The lowest BCUT2D eigenvalue weighted by Gasteiger charge is -2.23. The Hall–Kier alpha value is -1.70. The molecule has 7 heteroatoms. The standard InChI is InChI=1S/C19H22N2O3S2/c1-12(22)20-17-7-6-13-9-14-4-5-15(10-16(13)11-17)19(14)21-26(23,24)18-3-2-8-25-18/h2-3,6-8,11,14-15,19,21H,4-5,9-10H2,1H3,(H,20,22). The third-order valence-electron chi connectivity index (χ3n) is 5.47. The Morgan fingerprint density at radius 3 is 2.50 bits per heavy atom. The number of sulfonamides is 1. The van der Waals surface area contributed by atoms with Crippen molar-refractivity contribution in [2.45, 2.75) is 42.9 Å². The van der Waals surface area contributed by atoms with Gasteiger partial charge in [0.05, 0.1) is 0 Å². The van der Waals surface area contributed by atoms with Crippen LogP contribution in [0.3, 0.4) is 0 Å². The van der Waals surface area contributed by atoms with Crippen LogP contribution >= 0.6 is 11.3 Å². The van der Waals surface area contributed by atoms with Gasteiger partial charge in [0.2, 0.25) is 15.9 Å². The normalized spacial score (nSPS) is 24.7. The topological polar surface area (TPSA) is 75.3 Å². The Morgan fingerprint density at radius 2 is 1.85 bits per heavy atom. The minimum absolute atomic E-state index is 0.0290. The maximum atomic E-state index is 12.7. The maximum Gasteiger partial charge on any atom is 0.250 e. The molecule has 0 spiro atoms. The van der Waals surface area contributed by atoms with E-state index in [0.717, 1.165) is 31.4 Å². The number of benzene rings is 1. The highest BCUT2D eigenvalue weighted by Gasteiger charge is 2.41. The molecule has 2 aromatic rings. The zero-order chi connectivity index (χ0) is 18.3. The van der Waals surface area contributed by atoms with Crippen molar-refractivity contribution in [3.05, 3.63) is 46.8 Å². The molecular formula is C19H22N2O3S2. The van der Waals surface area contributed by atoms with E-state index in [4.69, 9.17) is 0 Å². The molecule has 0 radical (unpaired) electrons. The molecule has 1 amide bonds. The summed E-state index contributed by atoms with van der Waals surface area (Å²) in [5.41, 5.74) is 3.31. The fourth-order valence-electron chi connectivity index (χ4n) is 4.34. The summed E-state index contributed by atoms with van der Waals surface area (Å²) >= 11 is 1.25. The van der Waals surface area contributed by atoms with Gasteiger partial charge in [-0.1, -0.05) is 12.1 Å². The smallest absolute Gasteiger partial charge is 0.250 e. The molecule has 2 N–H and O–H groups in total. The van der Waals surface area contributed by atoms with Crippen LogP contribution in [0.2, 0.25) is 0 Å². The summed E-state index contributed by atoms with van der Waals surface area (Å²) in [5.74, 6) is 0.535. The first-order valence-electron chi connectivity index (χ1n) is 8.87. The number of hydrogen-bond acceptors (Lipinski definition) is 4. The van der Waals surface area contributed by atoms with Crippen LogP contribution in [-0.4, -0.2) is 20.4 Å². The van der Waals surface area contributed by atoms with Crippen LogP contribution in [0.25, 0.3) is 0 Å². The summed E-state index contributed by atoms with van der Waals surface area (Å²) in [4.78, 5) is 11.3. The highest BCUT2D eigenvalue weighted by atomic mass is 32.2. The molecule has 5 nitrogen and oxygen atoms in total. The largest absolute Gasteiger partial charge is 0.326 e. The third-order valence-corrected chi connectivity index (χ3v) is 8.32. The molecule has 0 saturated heterocycles. The average Bonchev–Trinajstić information content (AvgIpc) is 3.17. The second-order valence-corrected chi connectivity index (χ2v) is 10.1. The van der Waals surface area contributed by atoms with E-state index in [-0.39, 0.29) is 11.9 Å². The molecule has 26 heavy (non-hydrogen) atoms. The van der Waals surface area contributed by atoms with Gasteiger partial charge in [0, 0.05) is 18.7 Å². The monoisotopic (exact) mass is 390 g/mol. The van der Waals surface area contributed by atoms with Gasteiger partial charge in [-0.15, -0.1) is 11.3 Å². The lowest BCUT2D eigenvalue weighted by molar-refractivity contribution is -0.114. The second-order valence-electron chi connectivity index (χ2n) is 7.25. The summed E-state index contributed by atoms with van der Waals surface area (Å²) in [6, 6.07) is 9.44. The van der Waals surface area contributed by atoms with Crippen LogP contribution in [0.5, 0.6) is 0 Å². The van der Waals surface area contributed by atoms with Gasteiger partial charge in [-0.05, 0) is 72.2 Å². The van der Waals surface area contributed by atoms with Crippen LogP contribution in [0, 0.1) is 11.8 Å². The summed E-state index contributed by atoms with van der Waals surface area (Å²) in [5, 5.41) is 4.63. The minimum Gasteiger partial charge on any atom is -0.326 e. The Morgan fingerprint density at radius 1 is 1.12 bits per heavy atom. The number of fused-ring (bicyclic) bond motifs is 3. The van der Waals surface area contributed by atoms with Gasteiger partial charge < -0.3 is 5.32 Å². The van der Waals surface area contributed by atoms with E-state index < -0.39 is 10.0 Å². The van der Waals surface area contributed by atoms with Gasteiger partial charge in [-0.25, -0.2) is 13.1 Å². The summed E-state index contributed by atoms with van der Waals surface area (Å²) in [7, 11) is -3.46. The van der Waals surface area contributed by atoms with E-state index in [1.54, 1.807) is 17.5 Å². The van der Waals surface area contributed by atoms with Gasteiger partial charge in [0.25, 0.3) is 0 Å². The molecular weight excluding hydrogens is 368 g/mol. The van der Waals surface area contributed by atoms with Gasteiger partial charge in [-0.2, -0.15) is 0 Å². The summed E-state index contributed by atoms with van der Waals surface area (Å²) < 4.78 is 28.8. The molecule has 2 bridgehead atoms. The molecule has 2 aliphatic carbocycles. The van der Waals surface area contributed by atoms with E-state index in [2.05, 4.69) is 16.1 Å². The van der Waals surface area contributed by atoms with E-state index in [1.165, 1.54) is 29.4 Å². The van der Waals surface area contributed by atoms with Crippen molar-refractivity contribution in [3.8, 4) is 0 Å². The molecule has 1 saturated carbocycles. The van der Waals surface area contributed by atoms with Crippen molar-refractivity contribution in [2.24, 2.45) is 11.8 Å². The lowest BCUT2D eigenvalue weighted by atomic mass is 9.93. The van der Waals surface area contributed by atoms with Crippen LogP contribution in [0.1, 0.15) is 30.9 Å². The SMILES string of the molecule is CC(=O)Nc1ccc2c(c1)CC1CCC(C2)C1NS(=O)(=O)c1cccs1. The molecule has 138 valence electrons. The zero-order valence-electron chi connectivity index (χ0n) is 14.6. The highest BCUT2D eigenvalue weighted by Crippen LogP contribution is 2.41. The van der Waals surface area contributed by atoms with Crippen molar-refractivity contribution in [2.75, 3.05) is 5.32 Å². The van der Waals surface area contributed by atoms with Crippen LogP contribution in [-0.2, 0) is 27.7 Å². The first kappa shape index (κ1) is 17.7. The number of anilines is 1. The minimum atomic E-state index is -3.46. The average molecular weight is 391 g/mol. The quantitative estimate of drug-likeness (QED) is 0.842. The Bertz CT molecular complexity index is 922. The number of carbonyl (C=O) groups is 1. The fraction of sp³-hybridized carbons (Fsp3) is 0.421. The molecule has 1 aromatic heterocycles. The highest BCUT2D eigenvalue weighted by molar-refractivity contribution is 7.91. The van der Waals surface area contributed by atoms with Crippen molar-refractivity contribution in [3.63, 3.8) is 0 Å². The van der Waals surface area contributed by atoms with Gasteiger partial charge >= 0.3 is 0 Å². The predicted molar refractivity (Wildman–Crippen MR) is 103 cm³/mol. The van der Waals surface area contributed by atoms with Crippen molar-refractivity contribution >= 4 is 33.0 Å². The number of amides is 1. The van der Waals surface area contributed by atoms with Gasteiger partial charge in [0.1, 0.15) is 4.21 Å². The van der Waals surface area contributed by atoms with Gasteiger partial charge in [0.15, 0.2) is 0 Å². The predicted octanol–water partition coefficient (Wildman–Crippen LogP) is 3.18.